The molecule has 0 amide bonds. The maximum Gasteiger partial charge on any atom is 0.269 e. The second-order valence-electron chi connectivity index (χ2n) is 4.55. The first-order valence-electron chi connectivity index (χ1n) is 5.96. The Balaban J connectivity index is 2.16. The molecule has 5 heteroatoms. The SMILES string of the molecule is CC1=C(Cc2ccc([N+](=O)[O-])cc2)N(O)CCC1. The van der Waals surface area contributed by atoms with Gasteiger partial charge in [-0.05, 0) is 25.3 Å². The molecule has 18 heavy (non-hydrogen) atoms. The summed E-state index contributed by atoms with van der Waals surface area (Å²) in [5, 5.41) is 21.7. The summed E-state index contributed by atoms with van der Waals surface area (Å²) in [6, 6.07) is 6.47. The minimum absolute atomic E-state index is 0.0916. The van der Waals surface area contributed by atoms with E-state index in [2.05, 4.69) is 0 Å². The van der Waals surface area contributed by atoms with Crippen molar-refractivity contribution in [3.8, 4) is 0 Å². The Labute approximate surface area is 105 Å². The van der Waals surface area contributed by atoms with Gasteiger partial charge >= 0.3 is 0 Å². The van der Waals surface area contributed by atoms with E-state index < -0.39 is 4.92 Å². The molecule has 1 aromatic carbocycles. The molecule has 2 rings (SSSR count). The van der Waals surface area contributed by atoms with Gasteiger partial charge in [-0.3, -0.25) is 20.4 Å². The van der Waals surface area contributed by atoms with Gasteiger partial charge in [0, 0.05) is 30.8 Å². The molecule has 0 radical (unpaired) electrons. The van der Waals surface area contributed by atoms with Gasteiger partial charge in [0.2, 0.25) is 0 Å². The highest BCUT2D eigenvalue weighted by atomic mass is 16.6. The van der Waals surface area contributed by atoms with E-state index in [9.17, 15) is 15.3 Å². The van der Waals surface area contributed by atoms with Crippen molar-refractivity contribution in [2.45, 2.75) is 26.2 Å². The predicted octanol–water partition coefficient (Wildman–Crippen LogP) is 2.90. The first-order valence-corrected chi connectivity index (χ1v) is 5.96. The molecule has 96 valence electrons. The monoisotopic (exact) mass is 248 g/mol. The Hall–Kier alpha value is -1.88. The summed E-state index contributed by atoms with van der Waals surface area (Å²) in [6.07, 6.45) is 2.58. The molecule has 5 nitrogen and oxygen atoms in total. The maximum absolute atomic E-state index is 10.6. The third-order valence-corrected chi connectivity index (χ3v) is 3.24. The number of hydroxylamine groups is 2. The zero-order chi connectivity index (χ0) is 13.1. The second-order valence-corrected chi connectivity index (χ2v) is 4.55. The van der Waals surface area contributed by atoms with Crippen LogP contribution in [-0.4, -0.2) is 21.7 Å². The van der Waals surface area contributed by atoms with Crippen molar-refractivity contribution >= 4 is 5.69 Å². The van der Waals surface area contributed by atoms with Crippen LogP contribution in [0.5, 0.6) is 0 Å². The molecular weight excluding hydrogens is 232 g/mol. The Morgan fingerprint density at radius 2 is 2.06 bits per heavy atom. The minimum atomic E-state index is -0.409. The number of allylic oxidation sites excluding steroid dienone is 2. The van der Waals surface area contributed by atoms with Crippen LogP contribution in [0.2, 0.25) is 0 Å². The van der Waals surface area contributed by atoms with Crippen molar-refractivity contribution in [3.05, 3.63) is 51.2 Å². The molecule has 0 bridgehead atoms. The first kappa shape index (κ1) is 12.6. The van der Waals surface area contributed by atoms with E-state index >= 15 is 0 Å². The molecule has 0 saturated carbocycles. The molecule has 1 aliphatic heterocycles. The molecule has 0 aliphatic carbocycles. The molecule has 0 saturated heterocycles. The zero-order valence-electron chi connectivity index (χ0n) is 10.3. The standard InChI is InChI=1S/C13H16N2O3/c1-10-3-2-8-14(16)13(10)9-11-4-6-12(7-5-11)15(17)18/h4-7,16H,2-3,8-9H2,1H3. The molecule has 0 fully saturated rings. The molecular formula is C13H16N2O3. The highest BCUT2D eigenvalue weighted by molar-refractivity contribution is 5.35. The summed E-state index contributed by atoms with van der Waals surface area (Å²) in [5.74, 6) is 0. The van der Waals surface area contributed by atoms with E-state index in [0.717, 1.165) is 24.1 Å². The summed E-state index contributed by atoms with van der Waals surface area (Å²) in [6.45, 7) is 2.67. The fraction of sp³-hybridized carbons (Fsp3) is 0.385. The maximum atomic E-state index is 10.6. The van der Waals surface area contributed by atoms with E-state index in [4.69, 9.17) is 0 Å². The highest BCUT2D eigenvalue weighted by Gasteiger charge is 2.16. The van der Waals surface area contributed by atoms with Crippen LogP contribution in [0.15, 0.2) is 35.5 Å². The number of rotatable bonds is 3. The molecule has 1 heterocycles. The third kappa shape index (κ3) is 2.68. The van der Waals surface area contributed by atoms with Crippen molar-refractivity contribution < 1.29 is 10.1 Å². The number of nitro groups is 1. The second kappa shape index (κ2) is 5.18. The lowest BCUT2D eigenvalue weighted by Gasteiger charge is -2.27. The van der Waals surface area contributed by atoms with Gasteiger partial charge in [-0.2, -0.15) is 0 Å². The molecule has 0 atom stereocenters. The average molecular weight is 248 g/mol. The van der Waals surface area contributed by atoms with E-state index in [0.29, 0.717) is 13.0 Å². The summed E-state index contributed by atoms with van der Waals surface area (Å²) < 4.78 is 0. The summed E-state index contributed by atoms with van der Waals surface area (Å²) in [5.41, 5.74) is 3.15. The molecule has 0 spiro atoms. The Morgan fingerprint density at radius 1 is 1.39 bits per heavy atom. The van der Waals surface area contributed by atoms with Gasteiger partial charge in [-0.25, -0.2) is 0 Å². The number of benzene rings is 1. The summed E-state index contributed by atoms with van der Waals surface area (Å²) in [4.78, 5) is 10.1. The van der Waals surface area contributed by atoms with Gasteiger partial charge < -0.3 is 0 Å². The van der Waals surface area contributed by atoms with Crippen LogP contribution in [0.3, 0.4) is 0 Å². The molecule has 1 aromatic rings. The molecule has 1 aliphatic rings. The quantitative estimate of drug-likeness (QED) is 0.659. The fourth-order valence-corrected chi connectivity index (χ4v) is 2.16. The van der Waals surface area contributed by atoms with Gasteiger partial charge in [0.1, 0.15) is 0 Å². The topological polar surface area (TPSA) is 66.6 Å². The normalized spacial score (nSPS) is 16.0. The summed E-state index contributed by atoms with van der Waals surface area (Å²) >= 11 is 0. The van der Waals surface area contributed by atoms with Crippen LogP contribution in [-0.2, 0) is 6.42 Å². The number of hydrogen-bond acceptors (Lipinski definition) is 4. The van der Waals surface area contributed by atoms with Crippen LogP contribution < -0.4 is 0 Å². The summed E-state index contributed by atoms with van der Waals surface area (Å²) in [7, 11) is 0. The van der Waals surface area contributed by atoms with Crippen LogP contribution in [0, 0.1) is 10.1 Å². The Kier molecular flexibility index (Phi) is 3.62. The van der Waals surface area contributed by atoms with Gasteiger partial charge in [0.25, 0.3) is 5.69 Å². The third-order valence-electron chi connectivity index (χ3n) is 3.24. The Morgan fingerprint density at radius 3 is 2.61 bits per heavy atom. The smallest absolute Gasteiger partial charge is 0.269 e. The average Bonchev–Trinajstić information content (AvgIpc) is 2.34. The van der Waals surface area contributed by atoms with Gasteiger partial charge in [-0.15, -0.1) is 0 Å². The van der Waals surface area contributed by atoms with Crippen molar-refractivity contribution in [1.29, 1.82) is 0 Å². The van der Waals surface area contributed by atoms with Gasteiger partial charge in [0.05, 0.1) is 4.92 Å². The van der Waals surface area contributed by atoms with E-state index in [1.165, 1.54) is 22.8 Å². The first-order chi connectivity index (χ1) is 8.58. The van der Waals surface area contributed by atoms with Crippen molar-refractivity contribution in [1.82, 2.24) is 5.06 Å². The molecule has 0 unspecified atom stereocenters. The number of nitrogens with zero attached hydrogens (tertiary/aromatic N) is 2. The van der Waals surface area contributed by atoms with Crippen molar-refractivity contribution in [2.24, 2.45) is 0 Å². The largest absolute Gasteiger partial charge is 0.289 e. The number of hydrogen-bond donors (Lipinski definition) is 1. The predicted molar refractivity (Wildman–Crippen MR) is 67.2 cm³/mol. The van der Waals surface area contributed by atoms with Gasteiger partial charge in [-0.1, -0.05) is 17.7 Å². The highest BCUT2D eigenvalue weighted by Crippen LogP contribution is 2.24. The van der Waals surface area contributed by atoms with Crippen LogP contribution in [0.25, 0.3) is 0 Å². The van der Waals surface area contributed by atoms with E-state index in [1.807, 2.05) is 6.92 Å². The van der Waals surface area contributed by atoms with Crippen LogP contribution in [0.4, 0.5) is 5.69 Å². The lowest BCUT2D eigenvalue weighted by molar-refractivity contribution is -0.384. The Bertz CT molecular complexity index is 480. The fourth-order valence-electron chi connectivity index (χ4n) is 2.16. The van der Waals surface area contributed by atoms with Crippen molar-refractivity contribution in [3.63, 3.8) is 0 Å². The lowest BCUT2D eigenvalue weighted by atomic mass is 10.00. The lowest BCUT2D eigenvalue weighted by Crippen LogP contribution is -2.26. The molecule has 1 N–H and O–H groups in total. The molecule has 0 aromatic heterocycles. The number of non-ortho nitro benzene ring substituents is 1. The van der Waals surface area contributed by atoms with Crippen LogP contribution >= 0.6 is 0 Å². The van der Waals surface area contributed by atoms with Gasteiger partial charge in [0.15, 0.2) is 0 Å². The van der Waals surface area contributed by atoms with Crippen molar-refractivity contribution in [2.75, 3.05) is 6.54 Å². The van der Waals surface area contributed by atoms with E-state index in [1.54, 1.807) is 12.1 Å². The minimum Gasteiger partial charge on any atom is -0.289 e. The number of nitro benzene ring substituents is 1. The van der Waals surface area contributed by atoms with Crippen LogP contribution in [0.1, 0.15) is 25.3 Å². The zero-order valence-corrected chi connectivity index (χ0v) is 10.3. The van der Waals surface area contributed by atoms with E-state index in [-0.39, 0.29) is 5.69 Å².